The molecule has 1 heterocycles. The van der Waals surface area contributed by atoms with Crippen molar-refractivity contribution < 1.29 is 13.6 Å². The molecule has 0 aromatic heterocycles. The normalized spacial score (nSPS) is 19.0. The summed E-state index contributed by atoms with van der Waals surface area (Å²) in [5.74, 6) is -2.20. The van der Waals surface area contributed by atoms with Gasteiger partial charge in [0, 0.05) is 25.7 Å². The molecular formula is C15H21F2N3O. The van der Waals surface area contributed by atoms with Crippen LogP contribution in [0.2, 0.25) is 0 Å². The fourth-order valence-electron chi connectivity index (χ4n) is 2.85. The molecule has 1 aromatic carbocycles. The first kappa shape index (κ1) is 15.7. The van der Waals surface area contributed by atoms with E-state index in [1.54, 1.807) is 7.05 Å². The zero-order valence-electron chi connectivity index (χ0n) is 12.4. The maximum atomic E-state index is 13.7. The largest absolute Gasteiger partial charge is 0.396 e. The van der Waals surface area contributed by atoms with Gasteiger partial charge in [0.1, 0.15) is 11.6 Å². The van der Waals surface area contributed by atoms with Gasteiger partial charge < -0.3 is 10.6 Å². The Morgan fingerprint density at radius 1 is 1.43 bits per heavy atom. The first-order valence-electron chi connectivity index (χ1n) is 7.18. The summed E-state index contributed by atoms with van der Waals surface area (Å²) < 4.78 is 26.9. The van der Waals surface area contributed by atoms with Gasteiger partial charge in [0.05, 0.1) is 11.3 Å². The summed E-state index contributed by atoms with van der Waals surface area (Å²) in [6.07, 6.45) is 2.14. The molecule has 1 saturated heterocycles. The maximum Gasteiger partial charge on any atom is 0.256 e. The van der Waals surface area contributed by atoms with Gasteiger partial charge in [-0.25, -0.2) is 8.78 Å². The number of nitrogen functional groups attached to an aromatic ring is 1. The van der Waals surface area contributed by atoms with E-state index in [9.17, 15) is 13.6 Å². The van der Waals surface area contributed by atoms with Gasteiger partial charge in [-0.1, -0.05) is 6.92 Å². The second kappa shape index (κ2) is 6.39. The Kier molecular flexibility index (Phi) is 4.77. The monoisotopic (exact) mass is 297 g/mol. The van der Waals surface area contributed by atoms with Crippen molar-refractivity contribution in [3.63, 3.8) is 0 Å². The molecule has 1 fully saturated rings. The first-order chi connectivity index (χ1) is 9.93. The smallest absolute Gasteiger partial charge is 0.256 e. The quantitative estimate of drug-likeness (QED) is 0.866. The third kappa shape index (κ3) is 3.32. The molecule has 1 aliphatic rings. The Balaban J connectivity index is 2.11. The van der Waals surface area contributed by atoms with E-state index in [2.05, 4.69) is 11.8 Å². The predicted molar refractivity (Wildman–Crippen MR) is 78.0 cm³/mol. The van der Waals surface area contributed by atoms with Crippen LogP contribution in [-0.4, -0.2) is 48.4 Å². The van der Waals surface area contributed by atoms with Gasteiger partial charge >= 0.3 is 0 Å². The van der Waals surface area contributed by atoms with Crippen LogP contribution in [0.25, 0.3) is 0 Å². The van der Waals surface area contributed by atoms with Crippen molar-refractivity contribution in [3.05, 3.63) is 29.3 Å². The van der Waals surface area contributed by atoms with Crippen molar-refractivity contribution in [1.82, 2.24) is 9.80 Å². The number of anilines is 1. The Morgan fingerprint density at radius 3 is 2.81 bits per heavy atom. The molecule has 0 bridgehead atoms. The number of rotatable bonds is 4. The van der Waals surface area contributed by atoms with Crippen molar-refractivity contribution in [2.75, 3.05) is 32.4 Å². The van der Waals surface area contributed by atoms with Crippen LogP contribution in [0.15, 0.2) is 12.1 Å². The number of benzene rings is 1. The van der Waals surface area contributed by atoms with Crippen LogP contribution in [0, 0.1) is 11.6 Å². The highest BCUT2D eigenvalue weighted by molar-refractivity contribution is 5.95. The molecule has 4 nitrogen and oxygen atoms in total. The van der Waals surface area contributed by atoms with E-state index in [1.807, 2.05) is 0 Å². The number of halogens is 2. The number of amides is 1. The van der Waals surface area contributed by atoms with Gasteiger partial charge in [-0.05, 0) is 32.0 Å². The standard InChI is InChI=1S/C15H21F2N3O/c1-3-20-6-4-5-10(20)9-19(2)15(21)11-7-14(18)13(17)8-12(11)16/h7-8,10H,3-6,9,18H2,1-2H3. The lowest BCUT2D eigenvalue weighted by atomic mass is 10.1. The minimum Gasteiger partial charge on any atom is -0.396 e. The third-order valence-corrected chi connectivity index (χ3v) is 4.05. The molecule has 21 heavy (non-hydrogen) atoms. The summed E-state index contributed by atoms with van der Waals surface area (Å²) in [7, 11) is 1.63. The molecule has 6 heteroatoms. The number of nitrogens with zero attached hydrogens (tertiary/aromatic N) is 2. The minimum atomic E-state index is -0.877. The van der Waals surface area contributed by atoms with Crippen molar-refractivity contribution in [2.45, 2.75) is 25.8 Å². The van der Waals surface area contributed by atoms with Gasteiger partial charge in [-0.15, -0.1) is 0 Å². The van der Waals surface area contributed by atoms with E-state index in [0.29, 0.717) is 18.7 Å². The lowest BCUT2D eigenvalue weighted by molar-refractivity contribution is 0.0750. The van der Waals surface area contributed by atoms with Gasteiger partial charge in [-0.2, -0.15) is 0 Å². The number of carbonyl (C=O) groups is 1. The fourth-order valence-corrected chi connectivity index (χ4v) is 2.85. The summed E-state index contributed by atoms with van der Waals surface area (Å²) >= 11 is 0. The number of likely N-dealkylation sites (N-methyl/N-ethyl adjacent to an activating group) is 2. The topological polar surface area (TPSA) is 49.6 Å². The van der Waals surface area contributed by atoms with E-state index in [4.69, 9.17) is 5.73 Å². The second-order valence-electron chi connectivity index (χ2n) is 5.46. The highest BCUT2D eigenvalue weighted by atomic mass is 19.1. The highest BCUT2D eigenvalue weighted by Crippen LogP contribution is 2.20. The Bertz CT molecular complexity index is 536. The number of carbonyl (C=O) groups excluding carboxylic acids is 1. The number of hydrogen-bond donors (Lipinski definition) is 1. The van der Waals surface area contributed by atoms with Crippen LogP contribution in [0.5, 0.6) is 0 Å². The number of nitrogens with two attached hydrogens (primary N) is 1. The fraction of sp³-hybridized carbons (Fsp3) is 0.533. The van der Waals surface area contributed by atoms with Gasteiger partial charge in [0.2, 0.25) is 0 Å². The van der Waals surface area contributed by atoms with E-state index in [0.717, 1.165) is 32.0 Å². The number of hydrogen-bond acceptors (Lipinski definition) is 3. The van der Waals surface area contributed by atoms with E-state index >= 15 is 0 Å². The highest BCUT2D eigenvalue weighted by Gasteiger charge is 2.27. The summed E-state index contributed by atoms with van der Waals surface area (Å²) in [4.78, 5) is 16.1. The third-order valence-electron chi connectivity index (χ3n) is 4.05. The summed E-state index contributed by atoms with van der Waals surface area (Å²) in [5, 5.41) is 0. The van der Waals surface area contributed by atoms with E-state index in [1.165, 1.54) is 4.90 Å². The summed E-state index contributed by atoms with van der Waals surface area (Å²) in [6.45, 7) is 4.58. The lowest BCUT2D eigenvalue weighted by Gasteiger charge is -2.28. The van der Waals surface area contributed by atoms with Crippen molar-refractivity contribution in [2.24, 2.45) is 0 Å². The molecule has 116 valence electrons. The SMILES string of the molecule is CCN1CCCC1CN(C)C(=O)c1cc(N)c(F)cc1F. The molecule has 2 rings (SSSR count). The Hall–Kier alpha value is -1.69. The van der Waals surface area contributed by atoms with Crippen LogP contribution in [0.3, 0.4) is 0 Å². The molecule has 0 aliphatic carbocycles. The zero-order chi connectivity index (χ0) is 15.6. The second-order valence-corrected chi connectivity index (χ2v) is 5.46. The molecule has 0 radical (unpaired) electrons. The zero-order valence-corrected chi connectivity index (χ0v) is 12.4. The molecule has 1 unspecified atom stereocenters. The Labute approximate surface area is 123 Å². The number of likely N-dealkylation sites (tertiary alicyclic amines) is 1. The molecule has 2 N–H and O–H groups in total. The van der Waals surface area contributed by atoms with Gasteiger partial charge in [-0.3, -0.25) is 9.69 Å². The summed E-state index contributed by atoms with van der Waals surface area (Å²) in [5.41, 5.74) is 5.01. The van der Waals surface area contributed by atoms with Crippen LogP contribution in [0.1, 0.15) is 30.1 Å². The van der Waals surface area contributed by atoms with Gasteiger partial charge in [0.25, 0.3) is 5.91 Å². The van der Waals surface area contributed by atoms with Crippen molar-refractivity contribution in [1.29, 1.82) is 0 Å². The lowest BCUT2D eigenvalue weighted by Crippen LogP contribution is -2.41. The van der Waals surface area contributed by atoms with Gasteiger partial charge in [0.15, 0.2) is 0 Å². The average molecular weight is 297 g/mol. The molecular weight excluding hydrogens is 276 g/mol. The molecule has 1 amide bonds. The van der Waals surface area contributed by atoms with E-state index in [-0.39, 0.29) is 11.3 Å². The average Bonchev–Trinajstić information content (AvgIpc) is 2.89. The van der Waals surface area contributed by atoms with Crippen LogP contribution >= 0.6 is 0 Å². The minimum absolute atomic E-state index is 0.183. The predicted octanol–water partition coefficient (Wildman–Crippen LogP) is 2.10. The van der Waals surface area contributed by atoms with Crippen LogP contribution in [0.4, 0.5) is 14.5 Å². The molecule has 1 aromatic rings. The Morgan fingerprint density at radius 2 is 2.14 bits per heavy atom. The van der Waals surface area contributed by atoms with Crippen molar-refractivity contribution in [3.8, 4) is 0 Å². The molecule has 1 atom stereocenters. The van der Waals surface area contributed by atoms with E-state index < -0.39 is 17.5 Å². The van der Waals surface area contributed by atoms with Crippen LogP contribution < -0.4 is 5.73 Å². The molecule has 0 saturated carbocycles. The maximum absolute atomic E-state index is 13.7. The first-order valence-corrected chi connectivity index (χ1v) is 7.18. The molecule has 0 spiro atoms. The van der Waals surface area contributed by atoms with Crippen molar-refractivity contribution >= 4 is 11.6 Å². The van der Waals surface area contributed by atoms with Crippen LogP contribution in [-0.2, 0) is 0 Å². The molecule has 1 aliphatic heterocycles. The summed E-state index contributed by atoms with van der Waals surface area (Å²) in [6, 6.07) is 2.02.